The van der Waals surface area contributed by atoms with Crippen LogP contribution >= 0.6 is 0 Å². The van der Waals surface area contributed by atoms with Gasteiger partial charge in [0.15, 0.2) is 0 Å². The zero-order chi connectivity index (χ0) is 15.8. The van der Waals surface area contributed by atoms with Crippen molar-refractivity contribution in [3.63, 3.8) is 0 Å². The second kappa shape index (κ2) is 8.08. The maximum atomic E-state index is 11.3. The first-order valence-electron chi connectivity index (χ1n) is 7.10. The predicted octanol–water partition coefficient (Wildman–Crippen LogP) is 2.64. The number of benzene rings is 2. The topological polar surface area (TPSA) is 35.5 Å². The first-order chi connectivity index (χ1) is 10.7. The molecule has 0 aromatic heterocycles. The third kappa shape index (κ3) is 4.81. The molecular formula is C18H17BO3. The molecule has 0 atom stereocenters. The lowest BCUT2D eigenvalue weighted by Crippen LogP contribution is -2.08. The molecule has 0 amide bonds. The van der Waals surface area contributed by atoms with Gasteiger partial charge in [0, 0.05) is 6.08 Å². The highest BCUT2D eigenvalue weighted by Crippen LogP contribution is 2.14. The van der Waals surface area contributed by atoms with E-state index in [2.05, 4.69) is 0 Å². The molecule has 2 aromatic rings. The molecule has 0 bridgehead atoms. The number of carbonyl (C=O) groups is 1. The molecule has 0 aliphatic carbocycles. The van der Waals surface area contributed by atoms with Crippen molar-refractivity contribution in [2.75, 3.05) is 6.61 Å². The normalized spacial score (nSPS) is 10.6. The summed E-state index contributed by atoms with van der Waals surface area (Å²) in [6.45, 7) is 2.59. The summed E-state index contributed by atoms with van der Waals surface area (Å²) in [6, 6.07) is 15.3. The molecule has 2 rings (SSSR count). The molecule has 22 heavy (non-hydrogen) atoms. The molecule has 0 spiro atoms. The summed E-state index contributed by atoms with van der Waals surface area (Å²) in [4.78, 5) is 11.3. The highest BCUT2D eigenvalue weighted by Gasteiger charge is 2.01. The molecule has 0 aliphatic rings. The van der Waals surface area contributed by atoms with Gasteiger partial charge >= 0.3 is 5.97 Å². The molecule has 110 valence electrons. The highest BCUT2D eigenvalue weighted by molar-refractivity contribution is 6.34. The van der Waals surface area contributed by atoms with Crippen LogP contribution in [0.2, 0.25) is 0 Å². The number of hydrogen-bond acceptors (Lipinski definition) is 3. The molecule has 0 saturated heterocycles. The van der Waals surface area contributed by atoms with Gasteiger partial charge in [0.2, 0.25) is 0 Å². The number of hydrogen-bond donors (Lipinski definition) is 0. The maximum absolute atomic E-state index is 11.3. The van der Waals surface area contributed by atoms with Crippen LogP contribution in [-0.2, 0) is 16.1 Å². The fraction of sp³-hybridized carbons (Fsp3) is 0.167. The van der Waals surface area contributed by atoms with E-state index in [9.17, 15) is 4.79 Å². The highest BCUT2D eigenvalue weighted by atomic mass is 16.5. The lowest BCUT2D eigenvalue weighted by atomic mass is 9.90. The van der Waals surface area contributed by atoms with Gasteiger partial charge in [-0.15, -0.1) is 0 Å². The Hall–Kier alpha value is -2.49. The third-order valence-corrected chi connectivity index (χ3v) is 2.99. The summed E-state index contributed by atoms with van der Waals surface area (Å²) in [5, 5.41) is 0. The molecule has 0 saturated carbocycles. The Morgan fingerprint density at radius 2 is 1.95 bits per heavy atom. The minimum atomic E-state index is -0.391. The first kappa shape index (κ1) is 15.9. The summed E-state index contributed by atoms with van der Waals surface area (Å²) in [5.41, 5.74) is 2.38. The molecule has 0 N–H and O–H groups in total. The van der Waals surface area contributed by atoms with E-state index in [4.69, 9.17) is 17.3 Å². The Morgan fingerprint density at radius 1 is 1.18 bits per heavy atom. The first-order valence-corrected chi connectivity index (χ1v) is 7.10. The van der Waals surface area contributed by atoms with Crippen LogP contribution in [0.1, 0.15) is 18.1 Å². The van der Waals surface area contributed by atoms with Crippen molar-refractivity contribution in [2.45, 2.75) is 13.5 Å². The van der Waals surface area contributed by atoms with Crippen LogP contribution in [0.3, 0.4) is 0 Å². The van der Waals surface area contributed by atoms with Crippen LogP contribution in [0.25, 0.3) is 6.08 Å². The van der Waals surface area contributed by atoms with Gasteiger partial charge in [0.1, 0.15) is 20.2 Å². The van der Waals surface area contributed by atoms with Gasteiger partial charge in [0.25, 0.3) is 0 Å². The monoisotopic (exact) mass is 292 g/mol. The van der Waals surface area contributed by atoms with Crippen molar-refractivity contribution in [2.24, 2.45) is 0 Å². The zero-order valence-electron chi connectivity index (χ0n) is 12.5. The van der Waals surface area contributed by atoms with Crippen LogP contribution in [0.4, 0.5) is 0 Å². The van der Waals surface area contributed by atoms with Gasteiger partial charge in [0.05, 0.1) is 6.61 Å². The minimum Gasteiger partial charge on any atom is -0.489 e. The number of carbonyl (C=O) groups excluding carboxylic acids is 1. The summed E-state index contributed by atoms with van der Waals surface area (Å²) in [7, 11) is 5.90. The molecule has 0 fully saturated rings. The van der Waals surface area contributed by atoms with Crippen molar-refractivity contribution in [1.82, 2.24) is 0 Å². The fourth-order valence-electron chi connectivity index (χ4n) is 1.88. The molecule has 4 heteroatoms. The van der Waals surface area contributed by atoms with Crippen molar-refractivity contribution >= 4 is 25.4 Å². The molecular weight excluding hydrogens is 275 g/mol. The van der Waals surface area contributed by atoms with Crippen molar-refractivity contribution in [1.29, 1.82) is 0 Å². The summed E-state index contributed by atoms with van der Waals surface area (Å²) in [5.74, 6) is 0.305. The van der Waals surface area contributed by atoms with Crippen LogP contribution < -0.4 is 10.2 Å². The van der Waals surface area contributed by atoms with Crippen molar-refractivity contribution in [3.8, 4) is 5.75 Å². The second-order valence-corrected chi connectivity index (χ2v) is 4.65. The van der Waals surface area contributed by atoms with E-state index >= 15 is 0 Å². The van der Waals surface area contributed by atoms with E-state index in [1.54, 1.807) is 31.2 Å². The van der Waals surface area contributed by atoms with Gasteiger partial charge in [-0.25, -0.2) is 4.79 Å². The quantitative estimate of drug-likeness (QED) is 0.466. The van der Waals surface area contributed by atoms with E-state index in [0.29, 0.717) is 24.4 Å². The van der Waals surface area contributed by atoms with Crippen molar-refractivity contribution in [3.05, 3.63) is 65.7 Å². The maximum Gasteiger partial charge on any atom is 0.330 e. The number of rotatable bonds is 6. The Labute approximate surface area is 132 Å². The SMILES string of the molecule is [B]c1ccc(OCc2ccccc2)cc1C=CC(=O)OCC. The van der Waals surface area contributed by atoms with Gasteiger partial charge in [-0.3, -0.25) is 0 Å². The molecule has 0 heterocycles. The standard InChI is InChI=1S/C18H17BO3/c1-2-21-18(20)11-8-15-12-16(9-10-17(15)19)22-13-14-6-4-3-5-7-14/h3-12H,2,13H2,1H3. The minimum absolute atomic E-state index is 0.346. The Morgan fingerprint density at radius 3 is 2.68 bits per heavy atom. The van der Waals surface area contributed by atoms with Crippen LogP contribution in [-0.4, -0.2) is 20.4 Å². The molecule has 3 nitrogen and oxygen atoms in total. The van der Waals surface area contributed by atoms with Crippen LogP contribution in [0.15, 0.2) is 54.6 Å². The van der Waals surface area contributed by atoms with Gasteiger partial charge < -0.3 is 9.47 Å². The molecule has 2 aromatic carbocycles. The van der Waals surface area contributed by atoms with E-state index in [-0.39, 0.29) is 0 Å². The zero-order valence-corrected chi connectivity index (χ0v) is 12.5. The lowest BCUT2D eigenvalue weighted by Gasteiger charge is -2.09. The Balaban J connectivity index is 2.04. The van der Waals surface area contributed by atoms with Gasteiger partial charge in [-0.05, 0) is 36.3 Å². The van der Waals surface area contributed by atoms with Crippen LogP contribution in [0, 0.1) is 0 Å². The molecule has 0 aliphatic heterocycles. The average molecular weight is 292 g/mol. The van der Waals surface area contributed by atoms with Crippen molar-refractivity contribution < 1.29 is 14.3 Å². The fourth-order valence-corrected chi connectivity index (χ4v) is 1.88. The summed E-state index contributed by atoms with van der Waals surface area (Å²) < 4.78 is 10.6. The smallest absolute Gasteiger partial charge is 0.330 e. The van der Waals surface area contributed by atoms with Gasteiger partial charge in [-0.1, -0.05) is 41.9 Å². The largest absolute Gasteiger partial charge is 0.489 e. The lowest BCUT2D eigenvalue weighted by molar-refractivity contribution is -0.137. The Bertz CT molecular complexity index is 651. The van der Waals surface area contributed by atoms with E-state index in [1.807, 2.05) is 30.3 Å². The number of ether oxygens (including phenoxy) is 2. The van der Waals surface area contributed by atoms with Gasteiger partial charge in [-0.2, -0.15) is 0 Å². The molecule has 2 radical (unpaired) electrons. The van der Waals surface area contributed by atoms with E-state index in [1.165, 1.54) is 6.08 Å². The Kier molecular flexibility index (Phi) is 5.84. The molecule has 0 unspecified atom stereocenters. The van der Waals surface area contributed by atoms with E-state index < -0.39 is 5.97 Å². The van der Waals surface area contributed by atoms with Crippen LogP contribution in [0.5, 0.6) is 5.75 Å². The summed E-state index contributed by atoms with van der Waals surface area (Å²) >= 11 is 0. The average Bonchev–Trinajstić information content (AvgIpc) is 2.54. The van der Waals surface area contributed by atoms with E-state index in [0.717, 1.165) is 11.1 Å². The predicted molar refractivity (Wildman–Crippen MR) is 88.3 cm³/mol. The second-order valence-electron chi connectivity index (χ2n) is 4.65. The number of esters is 1. The third-order valence-electron chi connectivity index (χ3n) is 2.99. The summed E-state index contributed by atoms with van der Waals surface area (Å²) in [6.07, 6.45) is 2.98.